The van der Waals surface area contributed by atoms with Crippen molar-refractivity contribution in [2.75, 3.05) is 0 Å². The van der Waals surface area contributed by atoms with Crippen LogP contribution in [0.2, 0.25) is 10.0 Å². The number of alkyl halides is 4. The third-order valence-corrected chi connectivity index (χ3v) is 3.85. The van der Waals surface area contributed by atoms with E-state index in [2.05, 4.69) is 0 Å². The Balaban J connectivity index is 2.22. The van der Waals surface area contributed by atoms with Gasteiger partial charge >= 0.3 is 0 Å². The topological polar surface area (TPSA) is 52.6 Å². The van der Waals surface area contributed by atoms with Gasteiger partial charge in [-0.3, -0.25) is 10.2 Å². The summed E-state index contributed by atoms with van der Waals surface area (Å²) in [5, 5.41) is 10.3. The van der Waals surface area contributed by atoms with Gasteiger partial charge in [0.15, 0.2) is 0 Å². The van der Waals surface area contributed by atoms with Crippen LogP contribution in [0.3, 0.4) is 0 Å². The standard InChI is InChI=1S/C13H10Cl2F4N2O2/c14-7-2-1-6(3-8(7)15)4-10(22)21-13(23,12(18)19)5-9(20-21)11(16)17/h1-3,5,11-12,20,23H,4H2. The van der Waals surface area contributed by atoms with Gasteiger partial charge in [-0.2, -0.15) is 0 Å². The fraction of sp³-hybridized carbons (Fsp3) is 0.308. The number of carbonyl (C=O) groups excluding carboxylic acids is 1. The number of aliphatic hydroxyl groups is 1. The lowest BCUT2D eigenvalue weighted by Gasteiger charge is -2.31. The molecule has 2 N–H and O–H groups in total. The molecule has 4 nitrogen and oxygen atoms in total. The van der Waals surface area contributed by atoms with Gasteiger partial charge in [0.1, 0.15) is 0 Å². The molecule has 0 saturated heterocycles. The van der Waals surface area contributed by atoms with E-state index >= 15 is 0 Å². The zero-order valence-electron chi connectivity index (χ0n) is 11.2. The quantitative estimate of drug-likeness (QED) is 0.798. The van der Waals surface area contributed by atoms with Crippen LogP contribution in [0, 0.1) is 0 Å². The van der Waals surface area contributed by atoms with Gasteiger partial charge in [-0.25, -0.2) is 22.6 Å². The molecule has 1 aliphatic rings. The molecule has 10 heteroatoms. The minimum Gasteiger partial charge on any atom is -0.361 e. The first-order valence-electron chi connectivity index (χ1n) is 6.20. The van der Waals surface area contributed by atoms with E-state index < -0.39 is 36.6 Å². The van der Waals surface area contributed by atoms with E-state index in [0.717, 1.165) is 0 Å². The molecule has 1 aliphatic heterocycles. The van der Waals surface area contributed by atoms with Crippen LogP contribution in [0.25, 0.3) is 0 Å². The van der Waals surface area contributed by atoms with Crippen molar-refractivity contribution >= 4 is 29.1 Å². The van der Waals surface area contributed by atoms with Crippen molar-refractivity contribution in [2.45, 2.75) is 25.0 Å². The van der Waals surface area contributed by atoms with Crippen LogP contribution in [0.5, 0.6) is 0 Å². The maximum atomic E-state index is 13.0. The van der Waals surface area contributed by atoms with E-state index in [0.29, 0.717) is 5.56 Å². The Morgan fingerprint density at radius 2 is 1.91 bits per heavy atom. The van der Waals surface area contributed by atoms with E-state index in [4.69, 9.17) is 23.2 Å². The average Bonchev–Trinajstić information content (AvgIpc) is 2.83. The Labute approximate surface area is 138 Å². The molecule has 0 aromatic heterocycles. The third-order valence-electron chi connectivity index (χ3n) is 3.11. The number of carbonyl (C=O) groups is 1. The molecular weight excluding hydrogens is 363 g/mol. The summed E-state index contributed by atoms with van der Waals surface area (Å²) >= 11 is 11.5. The van der Waals surface area contributed by atoms with Crippen molar-refractivity contribution in [2.24, 2.45) is 0 Å². The van der Waals surface area contributed by atoms with Gasteiger partial charge < -0.3 is 5.11 Å². The fourth-order valence-electron chi connectivity index (χ4n) is 1.98. The highest BCUT2D eigenvalue weighted by molar-refractivity contribution is 6.42. The van der Waals surface area contributed by atoms with Crippen LogP contribution >= 0.6 is 23.2 Å². The molecule has 0 spiro atoms. The Morgan fingerprint density at radius 1 is 1.26 bits per heavy atom. The first-order chi connectivity index (χ1) is 10.6. The fourth-order valence-corrected chi connectivity index (χ4v) is 2.30. The lowest BCUT2D eigenvalue weighted by atomic mass is 10.1. The number of nitrogens with one attached hydrogen (secondary N) is 1. The van der Waals surface area contributed by atoms with Gasteiger partial charge in [-0.05, 0) is 17.7 Å². The molecule has 0 fully saturated rings. The Hall–Kier alpha value is -1.51. The lowest BCUT2D eigenvalue weighted by Crippen LogP contribution is -2.57. The van der Waals surface area contributed by atoms with E-state index in [1.165, 1.54) is 18.2 Å². The number of hydrazine groups is 1. The van der Waals surface area contributed by atoms with Gasteiger partial charge in [0.2, 0.25) is 11.6 Å². The van der Waals surface area contributed by atoms with Crippen molar-refractivity contribution in [3.8, 4) is 0 Å². The van der Waals surface area contributed by atoms with Gasteiger partial charge in [0.05, 0.1) is 22.2 Å². The highest BCUT2D eigenvalue weighted by atomic mass is 35.5. The minimum absolute atomic E-state index is 0.0850. The number of rotatable bonds is 4. The van der Waals surface area contributed by atoms with Crippen LogP contribution in [-0.2, 0) is 11.2 Å². The first kappa shape index (κ1) is 17.8. The molecule has 1 atom stereocenters. The molecule has 126 valence electrons. The maximum Gasteiger partial charge on any atom is 0.291 e. The molecule has 1 aromatic carbocycles. The summed E-state index contributed by atoms with van der Waals surface area (Å²) < 4.78 is 51.3. The number of hydrogen-bond donors (Lipinski definition) is 2. The largest absolute Gasteiger partial charge is 0.361 e. The monoisotopic (exact) mass is 372 g/mol. The smallest absolute Gasteiger partial charge is 0.291 e. The van der Waals surface area contributed by atoms with Crippen molar-refractivity contribution in [1.29, 1.82) is 0 Å². The van der Waals surface area contributed by atoms with Crippen molar-refractivity contribution in [3.63, 3.8) is 0 Å². The summed E-state index contributed by atoms with van der Waals surface area (Å²) in [5.74, 6) is -1.04. The van der Waals surface area contributed by atoms with E-state index in [1.54, 1.807) is 0 Å². The number of nitrogens with zero attached hydrogens (tertiary/aromatic N) is 1. The summed E-state index contributed by atoms with van der Waals surface area (Å²) in [6.45, 7) is 0. The summed E-state index contributed by atoms with van der Waals surface area (Å²) in [5.41, 5.74) is -2.00. The Bertz CT molecular complexity index is 657. The average molecular weight is 373 g/mol. The van der Waals surface area contributed by atoms with Crippen LogP contribution in [0.4, 0.5) is 17.6 Å². The highest BCUT2D eigenvalue weighted by Gasteiger charge is 2.50. The predicted molar refractivity (Wildman–Crippen MR) is 75.2 cm³/mol. The Morgan fingerprint density at radius 3 is 2.43 bits per heavy atom. The molecule has 0 radical (unpaired) electrons. The maximum absolute atomic E-state index is 13.0. The SMILES string of the molecule is O=C(Cc1ccc(Cl)c(Cl)c1)N1NC(C(F)F)=CC1(O)C(F)F. The molecule has 1 amide bonds. The normalized spacial score (nSPS) is 20.9. The van der Waals surface area contributed by atoms with Gasteiger partial charge in [-0.15, -0.1) is 0 Å². The van der Waals surface area contributed by atoms with Crippen LogP contribution in [0.15, 0.2) is 30.0 Å². The number of hydrogen-bond acceptors (Lipinski definition) is 3. The predicted octanol–water partition coefficient (Wildman–Crippen LogP) is 2.99. The van der Waals surface area contributed by atoms with Crippen LogP contribution < -0.4 is 5.43 Å². The second-order valence-electron chi connectivity index (χ2n) is 4.75. The summed E-state index contributed by atoms with van der Waals surface area (Å²) in [4.78, 5) is 12.1. The lowest BCUT2D eigenvalue weighted by molar-refractivity contribution is -0.182. The molecule has 0 bridgehead atoms. The van der Waals surface area contributed by atoms with Crippen LogP contribution in [0.1, 0.15) is 5.56 Å². The Kier molecular flexibility index (Phi) is 5.07. The van der Waals surface area contributed by atoms with Crippen LogP contribution in [-0.4, -0.2) is 34.6 Å². The van der Waals surface area contributed by atoms with Gasteiger partial charge in [0.25, 0.3) is 12.9 Å². The van der Waals surface area contributed by atoms with E-state index in [-0.39, 0.29) is 21.1 Å². The molecule has 1 aromatic rings. The minimum atomic E-state index is -3.48. The number of allylic oxidation sites excluding steroid dienone is 1. The van der Waals surface area contributed by atoms with Crippen molar-refractivity contribution < 1.29 is 27.5 Å². The molecule has 2 rings (SSSR count). The number of halogens is 6. The van der Waals surface area contributed by atoms with Gasteiger partial charge in [-0.1, -0.05) is 29.3 Å². The first-order valence-corrected chi connectivity index (χ1v) is 6.96. The highest BCUT2D eigenvalue weighted by Crippen LogP contribution is 2.31. The van der Waals surface area contributed by atoms with Crippen molar-refractivity contribution in [3.05, 3.63) is 45.6 Å². The summed E-state index contributed by atoms with van der Waals surface area (Å²) in [6.07, 6.45) is -6.86. The number of amides is 1. The molecule has 1 heterocycles. The second kappa shape index (κ2) is 6.54. The summed E-state index contributed by atoms with van der Waals surface area (Å²) in [6, 6.07) is 4.15. The molecule has 0 saturated carbocycles. The zero-order chi connectivity index (χ0) is 17.4. The summed E-state index contributed by atoms with van der Waals surface area (Å²) in [7, 11) is 0. The van der Waals surface area contributed by atoms with Crippen molar-refractivity contribution in [1.82, 2.24) is 10.4 Å². The number of benzene rings is 1. The van der Waals surface area contributed by atoms with E-state index in [9.17, 15) is 27.5 Å². The van der Waals surface area contributed by atoms with Gasteiger partial charge in [0, 0.05) is 6.08 Å². The third kappa shape index (κ3) is 3.54. The molecule has 0 aliphatic carbocycles. The molecule has 1 unspecified atom stereocenters. The molecule has 23 heavy (non-hydrogen) atoms. The van der Waals surface area contributed by atoms with E-state index in [1.807, 2.05) is 5.43 Å². The molecular formula is C13H10Cl2F4N2O2. The zero-order valence-corrected chi connectivity index (χ0v) is 12.8. The second-order valence-corrected chi connectivity index (χ2v) is 5.56.